The van der Waals surface area contributed by atoms with E-state index in [0.29, 0.717) is 89.6 Å². The number of aromatic amines is 1. The van der Waals surface area contributed by atoms with E-state index in [1.54, 1.807) is 53.8 Å². The second kappa shape index (κ2) is 20.2. The number of hydrogen-bond donors (Lipinski definition) is 1. The molecule has 1 N–H and O–H groups in total. The van der Waals surface area contributed by atoms with Crippen molar-refractivity contribution >= 4 is 79.9 Å². The van der Waals surface area contributed by atoms with E-state index in [-0.39, 0.29) is 83.5 Å². The number of aromatic nitrogens is 18. The number of H-pyrrole nitrogens is 1. The molecule has 27 nitrogen and oxygen atoms in total. The Bertz CT molecular complexity index is 4630. The van der Waals surface area contributed by atoms with Crippen LogP contribution in [0.3, 0.4) is 0 Å². The first-order valence-electron chi connectivity index (χ1n) is 26.3. The molecule has 0 radical (unpaired) electrons. The predicted molar refractivity (Wildman–Crippen MR) is 299 cm³/mol. The topological polar surface area (TPSA) is 313 Å². The summed E-state index contributed by atoms with van der Waals surface area (Å²) in [6.45, 7) is 0.288. The largest absolute Gasteiger partial charge is 0.487 e. The number of hydrogen-bond acceptors (Lipinski definition) is 21. The molecule has 3 aromatic carbocycles. The molecule has 6 aliphatic rings. The molecule has 0 spiro atoms. The number of benzene rings is 3. The fraction of sp³-hybridized carbons (Fsp3) is 0.278. The Hall–Kier alpha value is -9.31. The van der Waals surface area contributed by atoms with Gasteiger partial charge in [0.2, 0.25) is 17.7 Å². The maximum atomic E-state index is 12.6. The summed E-state index contributed by atoms with van der Waals surface area (Å²) in [5, 5.41) is 14.0. The Balaban J connectivity index is 0.000000101. The van der Waals surface area contributed by atoms with Gasteiger partial charge in [-0.25, -0.2) is 29.9 Å². The molecule has 85 heavy (non-hydrogen) atoms. The van der Waals surface area contributed by atoms with E-state index in [4.69, 9.17) is 74.2 Å². The molecule has 3 aliphatic carbocycles. The van der Waals surface area contributed by atoms with Gasteiger partial charge >= 0.3 is 0 Å². The maximum Gasteiger partial charge on any atom is 0.280 e. The van der Waals surface area contributed by atoms with Crippen LogP contribution in [0, 0.1) is 0 Å². The highest BCUT2D eigenvalue weighted by molar-refractivity contribution is 6.33. The van der Waals surface area contributed by atoms with E-state index in [1.165, 1.54) is 28.1 Å². The Morgan fingerprint density at radius 3 is 1.22 bits per heavy atom. The first-order valence-corrected chi connectivity index (χ1v) is 27.9. The Kier molecular flexibility index (Phi) is 12.5. The molecule has 18 rings (SSSR count). The summed E-state index contributed by atoms with van der Waals surface area (Å²) < 4.78 is 41.3. The average molecular weight is 1230 g/mol. The lowest BCUT2D eigenvalue weighted by atomic mass is 10.1. The molecule has 0 saturated heterocycles. The third-order valence-corrected chi connectivity index (χ3v) is 16.8. The minimum Gasteiger partial charge on any atom is -0.487 e. The maximum absolute atomic E-state index is 12.6. The summed E-state index contributed by atoms with van der Waals surface area (Å²) in [6, 6.07) is 17.3. The van der Waals surface area contributed by atoms with Gasteiger partial charge in [0.1, 0.15) is 67.2 Å². The summed E-state index contributed by atoms with van der Waals surface area (Å²) in [7, 11) is 5.26. The molecule has 3 aliphatic heterocycles. The minimum atomic E-state index is -0.208. The molecule has 12 aromatic rings. The molecule has 12 heterocycles. The van der Waals surface area contributed by atoms with Gasteiger partial charge in [0.25, 0.3) is 16.7 Å². The summed E-state index contributed by atoms with van der Waals surface area (Å²) in [6.07, 6.45) is 8.95. The zero-order valence-corrected chi connectivity index (χ0v) is 47.3. The number of nitrogens with one attached hydrogen (secondary N) is 1. The van der Waals surface area contributed by atoms with E-state index >= 15 is 0 Å². The first-order chi connectivity index (χ1) is 41.3. The molecule has 3 saturated carbocycles. The fourth-order valence-corrected chi connectivity index (χ4v) is 12.3. The SMILES string of the molecule is ClCc1nc([C@@H]2C3c4cccc(Cl)c4O[C@H]32)no1.Cn1cnc2nc[nH]c(=O)c21.Cn1cnc2ncn(Cc3nc([C@@H]4[C@H]5Oc6c(Cl)cccc6[C@H]54)no3)c(=O)c21.Cn1cnc2ncn(Cc3nc([C@H]4[C@@H]5Oc6c(Cl)cccc6[C@@H]54)no3)c(=O)c21. The average Bonchev–Trinajstić information content (AvgIpc) is 1.86. The van der Waals surface area contributed by atoms with Crippen LogP contribution in [0.4, 0.5) is 0 Å². The molecule has 3 fully saturated rings. The monoisotopic (exact) mass is 1220 g/mol. The van der Waals surface area contributed by atoms with Crippen LogP contribution in [0.25, 0.3) is 33.5 Å². The van der Waals surface area contributed by atoms with Crippen LogP contribution in [-0.4, -0.2) is 106 Å². The van der Waals surface area contributed by atoms with Crippen LogP contribution < -0.4 is 30.9 Å². The van der Waals surface area contributed by atoms with E-state index in [0.717, 1.165) is 33.9 Å². The predicted octanol–water partition coefficient (Wildman–Crippen LogP) is 6.47. The Morgan fingerprint density at radius 2 is 0.835 bits per heavy atom. The molecular formula is C54H40Cl4N18O9. The number of alkyl halides is 1. The standard InChI is InChI=1S/2C18H13ClN6O3.C12H8Cl2N2O2.C6H6N4O/c2*1-24-6-20-17-13(24)18(26)25(7-21-17)5-10-22-16(23-28-10)12-11-8-3-2-4-9(19)14(8)27-15(11)12;13-4-7-15-12(16-18-7)9-8-5-2-1-3-6(14)10(5)17-11(8)9;1-10-3-9-5-4(10)6(11)8-2-7-5/h2*2-4,6-7,11-12,15H,5H2,1H3;1-3,8-9,11H,4H2;2-3H,1H3,(H,7,8,11)/t2*11-,12-,15-;8?,9-,11-;/m101./s1. The van der Waals surface area contributed by atoms with Crippen molar-refractivity contribution in [2.75, 3.05) is 0 Å². The van der Waals surface area contributed by atoms with Crippen molar-refractivity contribution in [3.05, 3.63) is 191 Å². The second-order valence-corrected chi connectivity index (χ2v) is 22.3. The zero-order valence-electron chi connectivity index (χ0n) is 44.3. The summed E-state index contributed by atoms with van der Waals surface area (Å²) in [5.74, 6) is 6.42. The second-order valence-electron chi connectivity index (χ2n) is 20.8. The van der Waals surface area contributed by atoms with Gasteiger partial charge < -0.3 is 46.5 Å². The van der Waals surface area contributed by atoms with Gasteiger partial charge in [-0.2, -0.15) is 15.0 Å². The molecule has 428 valence electrons. The highest BCUT2D eigenvalue weighted by atomic mass is 35.5. The lowest BCUT2D eigenvalue weighted by Gasteiger charge is -2.07. The number of aryl methyl sites for hydroxylation is 3. The molecule has 9 atom stereocenters. The fourth-order valence-electron chi connectivity index (χ4n) is 11.5. The van der Waals surface area contributed by atoms with Crippen LogP contribution in [0.2, 0.25) is 15.1 Å². The lowest BCUT2D eigenvalue weighted by molar-refractivity contribution is 0.305. The van der Waals surface area contributed by atoms with Gasteiger partial charge in [0, 0.05) is 55.6 Å². The number of fused-ring (bicyclic) bond motifs is 12. The third-order valence-electron chi connectivity index (χ3n) is 15.7. The number of para-hydroxylation sites is 3. The first kappa shape index (κ1) is 52.5. The number of halogens is 4. The van der Waals surface area contributed by atoms with E-state index in [9.17, 15) is 14.4 Å². The minimum absolute atomic E-state index is 0.0180. The van der Waals surface area contributed by atoms with Crippen molar-refractivity contribution in [2.45, 2.75) is 72.8 Å². The third kappa shape index (κ3) is 8.89. The van der Waals surface area contributed by atoms with E-state index in [2.05, 4.69) is 65.3 Å². The normalized spacial score (nSPS) is 21.8. The molecule has 9 aromatic heterocycles. The van der Waals surface area contributed by atoms with Crippen molar-refractivity contribution in [2.24, 2.45) is 21.1 Å². The number of rotatable bonds is 8. The molecular weight excluding hydrogens is 1190 g/mol. The number of ether oxygens (including phenoxy) is 3. The molecule has 0 amide bonds. The van der Waals surface area contributed by atoms with Crippen LogP contribution in [0.5, 0.6) is 17.2 Å². The van der Waals surface area contributed by atoms with Crippen LogP contribution in [0.15, 0.2) is 121 Å². The summed E-state index contributed by atoms with van der Waals surface area (Å²) in [4.78, 5) is 76.4. The van der Waals surface area contributed by atoms with Gasteiger partial charge in [-0.15, -0.1) is 11.6 Å². The number of imidazole rings is 3. The van der Waals surface area contributed by atoms with E-state index < -0.39 is 0 Å². The van der Waals surface area contributed by atoms with Crippen LogP contribution in [0.1, 0.15) is 87.3 Å². The quantitative estimate of drug-likeness (QED) is 0.159. The van der Waals surface area contributed by atoms with Gasteiger partial charge in [0.15, 0.2) is 51.0 Å². The molecule has 31 heteroatoms. The highest BCUT2D eigenvalue weighted by Gasteiger charge is 2.64. The molecule has 0 bridgehead atoms. The highest BCUT2D eigenvalue weighted by Crippen LogP contribution is 2.66. The molecule has 1 unspecified atom stereocenters. The van der Waals surface area contributed by atoms with Crippen molar-refractivity contribution in [1.29, 1.82) is 0 Å². The van der Waals surface area contributed by atoms with Crippen molar-refractivity contribution in [3.63, 3.8) is 0 Å². The van der Waals surface area contributed by atoms with Crippen molar-refractivity contribution < 1.29 is 27.8 Å². The zero-order chi connectivity index (χ0) is 58.1. The van der Waals surface area contributed by atoms with Gasteiger partial charge in [0.05, 0.1) is 58.1 Å². The smallest absolute Gasteiger partial charge is 0.280 e. The van der Waals surface area contributed by atoms with Crippen LogP contribution >= 0.6 is 46.4 Å². The number of nitrogens with zero attached hydrogens (tertiary/aromatic N) is 17. The summed E-state index contributed by atoms with van der Waals surface area (Å²) in [5.41, 5.74) is 5.40. The van der Waals surface area contributed by atoms with Crippen molar-refractivity contribution in [1.82, 2.24) is 88.1 Å². The van der Waals surface area contributed by atoms with Crippen molar-refractivity contribution in [3.8, 4) is 17.2 Å². The van der Waals surface area contributed by atoms with Gasteiger partial charge in [-0.3, -0.25) is 23.5 Å². The summed E-state index contributed by atoms with van der Waals surface area (Å²) >= 11 is 24.1. The van der Waals surface area contributed by atoms with Gasteiger partial charge in [-0.05, 0) is 18.2 Å². The van der Waals surface area contributed by atoms with E-state index in [1.807, 2.05) is 54.6 Å². The lowest BCUT2D eigenvalue weighted by Crippen LogP contribution is -2.22. The van der Waals surface area contributed by atoms with Gasteiger partial charge in [-0.1, -0.05) is 86.7 Å². The Morgan fingerprint density at radius 1 is 0.471 bits per heavy atom. The Labute approximate surface area is 495 Å². The van der Waals surface area contributed by atoms with Crippen LogP contribution in [-0.2, 0) is 40.1 Å².